The highest BCUT2D eigenvalue weighted by Gasteiger charge is 2.23. The summed E-state index contributed by atoms with van der Waals surface area (Å²) in [6.45, 7) is 1.88. The molecule has 15 heavy (non-hydrogen) atoms. The van der Waals surface area contributed by atoms with Crippen molar-refractivity contribution in [1.82, 2.24) is 0 Å². The summed E-state index contributed by atoms with van der Waals surface area (Å²) in [5, 5.41) is 10.3. The van der Waals surface area contributed by atoms with E-state index in [1.54, 1.807) is 6.92 Å². The van der Waals surface area contributed by atoms with Crippen molar-refractivity contribution >= 4 is 22.3 Å². The second kappa shape index (κ2) is 4.74. The molecule has 0 unspecified atom stereocenters. The van der Waals surface area contributed by atoms with E-state index in [9.17, 15) is 14.9 Å². The zero-order valence-corrected chi connectivity index (χ0v) is 9.00. The van der Waals surface area contributed by atoms with Crippen LogP contribution in [0.25, 0.3) is 0 Å². The molecule has 0 saturated heterocycles. The second-order valence-electron chi connectivity index (χ2n) is 2.46. The summed E-state index contributed by atoms with van der Waals surface area (Å²) < 4.78 is 9.58. The minimum atomic E-state index is -0.604. The number of methoxy groups -OCH3 is 1. The highest BCUT2D eigenvalue weighted by molar-refractivity contribution is 7.17. The lowest BCUT2D eigenvalue weighted by Gasteiger charge is -2.00. The summed E-state index contributed by atoms with van der Waals surface area (Å²) in [6, 6.07) is 1.21. The predicted octanol–water partition coefficient (Wildman–Crippen LogP) is 1.84. The summed E-state index contributed by atoms with van der Waals surface area (Å²) in [4.78, 5) is 21.4. The van der Waals surface area contributed by atoms with Crippen LogP contribution in [0.3, 0.4) is 0 Å². The first-order valence-corrected chi connectivity index (χ1v) is 4.91. The molecule has 0 bridgehead atoms. The molecule has 0 aliphatic heterocycles. The van der Waals surface area contributed by atoms with Crippen LogP contribution in [0.2, 0.25) is 0 Å². The molecule has 0 aliphatic carbocycles. The van der Waals surface area contributed by atoms with Gasteiger partial charge in [-0.25, -0.2) is 4.79 Å². The third-order valence-electron chi connectivity index (χ3n) is 1.55. The van der Waals surface area contributed by atoms with Crippen LogP contribution in [0.1, 0.15) is 16.6 Å². The van der Waals surface area contributed by atoms with E-state index < -0.39 is 10.9 Å². The van der Waals surface area contributed by atoms with E-state index in [1.165, 1.54) is 13.2 Å². The molecule has 82 valence electrons. The van der Waals surface area contributed by atoms with E-state index in [2.05, 4.69) is 0 Å². The third kappa shape index (κ3) is 2.44. The Labute approximate surface area is 89.6 Å². The van der Waals surface area contributed by atoms with Crippen molar-refractivity contribution in [1.29, 1.82) is 0 Å². The second-order valence-corrected chi connectivity index (χ2v) is 3.49. The van der Waals surface area contributed by atoms with Gasteiger partial charge in [0.05, 0.1) is 24.7 Å². The Morgan fingerprint density at radius 2 is 2.33 bits per heavy atom. The fourth-order valence-electron chi connectivity index (χ4n) is 0.943. The largest absolute Gasteiger partial charge is 0.495 e. The van der Waals surface area contributed by atoms with Crippen LogP contribution in [0.4, 0.5) is 5.00 Å². The molecule has 0 atom stereocenters. The van der Waals surface area contributed by atoms with Gasteiger partial charge in [0.1, 0.15) is 0 Å². The van der Waals surface area contributed by atoms with Gasteiger partial charge in [0, 0.05) is 0 Å². The van der Waals surface area contributed by atoms with Crippen molar-refractivity contribution in [3.05, 3.63) is 21.1 Å². The number of hydrogen-bond acceptors (Lipinski definition) is 6. The SMILES string of the molecule is CCOC(=O)c1sc([N+](=O)[O-])cc1OC. The number of ether oxygens (including phenoxy) is 2. The number of thiophene rings is 1. The van der Waals surface area contributed by atoms with Gasteiger partial charge in [-0.2, -0.15) is 0 Å². The lowest BCUT2D eigenvalue weighted by atomic mass is 10.4. The van der Waals surface area contributed by atoms with Gasteiger partial charge in [0.2, 0.25) is 0 Å². The molecule has 0 aliphatic rings. The maximum absolute atomic E-state index is 11.3. The maximum atomic E-state index is 11.3. The highest BCUT2D eigenvalue weighted by Crippen LogP contribution is 2.34. The maximum Gasteiger partial charge on any atom is 0.352 e. The Morgan fingerprint density at radius 3 is 2.80 bits per heavy atom. The quantitative estimate of drug-likeness (QED) is 0.448. The Balaban J connectivity index is 3.05. The molecule has 1 heterocycles. The molecule has 0 fully saturated rings. The first-order chi connectivity index (χ1) is 7.10. The minimum absolute atomic E-state index is 0.117. The summed E-state index contributed by atoms with van der Waals surface area (Å²) >= 11 is 0.742. The molecule has 0 N–H and O–H groups in total. The van der Waals surface area contributed by atoms with Gasteiger partial charge < -0.3 is 9.47 Å². The molecule has 0 spiro atoms. The van der Waals surface area contributed by atoms with Crippen LogP contribution in [0.15, 0.2) is 6.07 Å². The van der Waals surface area contributed by atoms with E-state index in [-0.39, 0.29) is 22.2 Å². The van der Waals surface area contributed by atoms with Gasteiger partial charge >= 0.3 is 11.0 Å². The van der Waals surface area contributed by atoms with Crippen molar-refractivity contribution in [3.63, 3.8) is 0 Å². The summed E-state index contributed by atoms with van der Waals surface area (Å²) in [5.41, 5.74) is 0. The molecule has 6 nitrogen and oxygen atoms in total. The van der Waals surface area contributed by atoms with Crippen molar-refractivity contribution < 1.29 is 19.2 Å². The Kier molecular flexibility index (Phi) is 3.62. The lowest BCUT2D eigenvalue weighted by molar-refractivity contribution is -0.380. The smallest absolute Gasteiger partial charge is 0.352 e. The van der Waals surface area contributed by atoms with E-state index in [1.807, 2.05) is 0 Å². The van der Waals surface area contributed by atoms with Gasteiger partial charge in [-0.15, -0.1) is 0 Å². The van der Waals surface area contributed by atoms with Crippen molar-refractivity contribution in [2.45, 2.75) is 6.92 Å². The average molecular weight is 231 g/mol. The zero-order valence-electron chi connectivity index (χ0n) is 8.18. The number of carbonyl (C=O) groups is 1. The van der Waals surface area contributed by atoms with Crippen LogP contribution in [0.5, 0.6) is 5.75 Å². The molecule has 0 amide bonds. The molecule has 7 heteroatoms. The molecule has 0 aromatic carbocycles. The standard InChI is InChI=1S/C8H9NO5S/c1-3-14-8(10)7-5(13-2)4-6(15-7)9(11)12/h4H,3H2,1-2H3. The summed E-state index contributed by atoms with van der Waals surface area (Å²) in [7, 11) is 1.34. The van der Waals surface area contributed by atoms with E-state index in [0.29, 0.717) is 0 Å². The van der Waals surface area contributed by atoms with E-state index in [4.69, 9.17) is 9.47 Å². The molecule has 0 saturated carbocycles. The van der Waals surface area contributed by atoms with Crippen molar-refractivity contribution in [2.24, 2.45) is 0 Å². The van der Waals surface area contributed by atoms with Gasteiger partial charge in [-0.1, -0.05) is 11.3 Å². The highest BCUT2D eigenvalue weighted by atomic mass is 32.1. The zero-order chi connectivity index (χ0) is 11.4. The summed E-state index contributed by atoms with van der Waals surface area (Å²) in [6.07, 6.45) is 0. The van der Waals surface area contributed by atoms with Crippen LogP contribution in [0, 0.1) is 10.1 Å². The van der Waals surface area contributed by atoms with Crippen LogP contribution in [-0.2, 0) is 4.74 Å². The predicted molar refractivity (Wildman–Crippen MR) is 53.5 cm³/mol. The van der Waals surface area contributed by atoms with Crippen molar-refractivity contribution in [2.75, 3.05) is 13.7 Å². The van der Waals surface area contributed by atoms with Gasteiger partial charge in [0.15, 0.2) is 10.6 Å². The average Bonchev–Trinajstić information content (AvgIpc) is 2.61. The van der Waals surface area contributed by atoms with Gasteiger partial charge in [-0.3, -0.25) is 10.1 Å². The number of nitro groups is 1. The number of rotatable bonds is 4. The lowest BCUT2D eigenvalue weighted by Crippen LogP contribution is -2.03. The number of carbonyl (C=O) groups excluding carboxylic acids is 1. The Bertz CT molecular complexity index is 386. The topological polar surface area (TPSA) is 78.7 Å². The number of esters is 1. The first kappa shape index (κ1) is 11.4. The van der Waals surface area contributed by atoms with Crippen LogP contribution < -0.4 is 4.74 Å². The molecular formula is C8H9NO5S. The Hall–Kier alpha value is -1.63. The minimum Gasteiger partial charge on any atom is -0.495 e. The normalized spacial score (nSPS) is 9.73. The molecule has 1 rings (SSSR count). The first-order valence-electron chi connectivity index (χ1n) is 4.09. The van der Waals surface area contributed by atoms with Gasteiger partial charge in [0.25, 0.3) is 0 Å². The van der Waals surface area contributed by atoms with Crippen LogP contribution in [-0.4, -0.2) is 24.6 Å². The molecule has 1 aromatic rings. The van der Waals surface area contributed by atoms with E-state index in [0.717, 1.165) is 11.3 Å². The molecule has 1 aromatic heterocycles. The number of nitrogens with zero attached hydrogens (tertiary/aromatic N) is 1. The van der Waals surface area contributed by atoms with Crippen LogP contribution >= 0.6 is 11.3 Å². The van der Waals surface area contributed by atoms with E-state index >= 15 is 0 Å². The van der Waals surface area contributed by atoms with Crippen molar-refractivity contribution in [3.8, 4) is 5.75 Å². The molecule has 0 radical (unpaired) electrons. The number of hydrogen-bond donors (Lipinski definition) is 0. The molecular weight excluding hydrogens is 222 g/mol. The van der Waals surface area contributed by atoms with Gasteiger partial charge in [-0.05, 0) is 6.92 Å². The fraction of sp³-hybridized carbons (Fsp3) is 0.375. The fourth-order valence-corrected chi connectivity index (χ4v) is 1.78. The Morgan fingerprint density at radius 1 is 1.67 bits per heavy atom. The monoisotopic (exact) mass is 231 g/mol. The third-order valence-corrected chi connectivity index (χ3v) is 2.59. The summed E-state index contributed by atoms with van der Waals surface area (Å²) in [5.74, 6) is -0.433.